The summed E-state index contributed by atoms with van der Waals surface area (Å²) < 4.78 is 0. The van der Waals surface area contributed by atoms with Gasteiger partial charge in [-0.3, -0.25) is 4.79 Å². The number of carbonyl (C=O) groups excluding carboxylic acids is 1. The molecule has 1 aromatic heterocycles. The molecule has 1 atom stereocenters. The van der Waals surface area contributed by atoms with Gasteiger partial charge in [0.2, 0.25) is 5.91 Å². The van der Waals surface area contributed by atoms with Crippen LogP contribution in [0.1, 0.15) is 11.8 Å². The Labute approximate surface area is 98.7 Å². The van der Waals surface area contributed by atoms with E-state index in [-0.39, 0.29) is 11.8 Å². The minimum atomic E-state index is 0.0144. The van der Waals surface area contributed by atoms with E-state index in [1.165, 1.54) is 0 Å². The summed E-state index contributed by atoms with van der Waals surface area (Å²) in [4.78, 5) is 13.0. The van der Waals surface area contributed by atoms with Crippen LogP contribution in [-0.4, -0.2) is 17.4 Å². The molecule has 0 aliphatic rings. The van der Waals surface area contributed by atoms with Crippen LogP contribution < -0.4 is 11.1 Å². The monoisotopic (exact) mass is 242 g/mol. The molecule has 3 nitrogen and oxygen atoms in total. The molecule has 0 bridgehead atoms. The Morgan fingerprint density at radius 1 is 1.73 bits per heavy atom. The molecule has 0 aliphatic heterocycles. The fraction of sp³-hybridized carbons (Fsp3) is 0.400. The largest absolute Gasteiger partial charge is 0.393 e. The van der Waals surface area contributed by atoms with E-state index in [4.69, 9.17) is 18.0 Å². The minimum Gasteiger partial charge on any atom is -0.393 e. The molecule has 15 heavy (non-hydrogen) atoms. The first-order chi connectivity index (χ1) is 7.09. The number of thiophene rings is 1. The van der Waals surface area contributed by atoms with Crippen molar-refractivity contribution in [2.24, 2.45) is 11.7 Å². The van der Waals surface area contributed by atoms with Crippen LogP contribution in [0, 0.1) is 5.92 Å². The number of rotatable bonds is 5. The van der Waals surface area contributed by atoms with Crippen LogP contribution >= 0.6 is 23.6 Å². The molecule has 0 spiro atoms. The Bertz CT molecular complexity index is 335. The third-order valence-corrected chi connectivity index (χ3v) is 3.28. The third kappa shape index (κ3) is 4.40. The van der Waals surface area contributed by atoms with Crippen molar-refractivity contribution >= 4 is 34.5 Å². The molecule has 0 fully saturated rings. The molecule has 0 aromatic carbocycles. The number of amides is 1. The molecule has 1 heterocycles. The number of nitrogens with one attached hydrogen (secondary N) is 1. The predicted molar refractivity (Wildman–Crippen MR) is 67.0 cm³/mol. The van der Waals surface area contributed by atoms with Gasteiger partial charge in [-0.25, -0.2) is 0 Å². The molecule has 1 unspecified atom stereocenters. The summed E-state index contributed by atoms with van der Waals surface area (Å²) >= 11 is 6.40. The average Bonchev–Trinajstić information content (AvgIpc) is 2.66. The van der Waals surface area contributed by atoms with E-state index < -0.39 is 0 Å². The standard InChI is InChI=1S/C10H14N2OS2/c1-7(10(11)14)6-12-9(13)5-8-3-2-4-15-8/h2-4,7H,5-6H2,1H3,(H2,11,14)(H,12,13). The van der Waals surface area contributed by atoms with E-state index in [2.05, 4.69) is 5.32 Å². The van der Waals surface area contributed by atoms with Crippen LogP contribution in [0.3, 0.4) is 0 Å². The van der Waals surface area contributed by atoms with Crippen molar-refractivity contribution in [1.82, 2.24) is 5.32 Å². The first kappa shape index (κ1) is 12.1. The lowest BCUT2D eigenvalue weighted by Gasteiger charge is -2.10. The zero-order valence-corrected chi connectivity index (χ0v) is 10.2. The van der Waals surface area contributed by atoms with Crippen LogP contribution in [0.4, 0.5) is 0 Å². The maximum absolute atomic E-state index is 11.4. The Morgan fingerprint density at radius 3 is 3.00 bits per heavy atom. The van der Waals surface area contributed by atoms with Gasteiger partial charge in [0.1, 0.15) is 0 Å². The topological polar surface area (TPSA) is 55.1 Å². The second-order valence-corrected chi connectivity index (χ2v) is 4.87. The second-order valence-electron chi connectivity index (χ2n) is 3.36. The highest BCUT2D eigenvalue weighted by molar-refractivity contribution is 7.80. The highest BCUT2D eigenvalue weighted by Crippen LogP contribution is 2.08. The number of hydrogen-bond donors (Lipinski definition) is 2. The van der Waals surface area contributed by atoms with E-state index in [0.29, 0.717) is 18.0 Å². The Kier molecular flexibility index (Phi) is 4.71. The first-order valence-corrected chi connectivity index (χ1v) is 5.96. The number of carbonyl (C=O) groups is 1. The van der Waals surface area contributed by atoms with Crippen LogP contribution in [0.2, 0.25) is 0 Å². The Hall–Kier alpha value is -0.940. The molecule has 0 saturated carbocycles. The molecule has 5 heteroatoms. The van der Waals surface area contributed by atoms with Crippen molar-refractivity contribution in [2.75, 3.05) is 6.54 Å². The summed E-state index contributed by atoms with van der Waals surface area (Å²) in [6.07, 6.45) is 0.432. The van der Waals surface area contributed by atoms with Gasteiger partial charge < -0.3 is 11.1 Å². The van der Waals surface area contributed by atoms with Gasteiger partial charge in [0, 0.05) is 17.3 Å². The summed E-state index contributed by atoms with van der Waals surface area (Å²) in [5.41, 5.74) is 5.44. The van der Waals surface area contributed by atoms with Gasteiger partial charge in [0.15, 0.2) is 0 Å². The zero-order chi connectivity index (χ0) is 11.3. The predicted octanol–water partition coefficient (Wildman–Crippen LogP) is 1.33. The smallest absolute Gasteiger partial charge is 0.225 e. The lowest BCUT2D eigenvalue weighted by Crippen LogP contribution is -2.34. The SMILES string of the molecule is CC(CNC(=O)Cc1cccs1)C(N)=S. The van der Waals surface area contributed by atoms with E-state index in [1.54, 1.807) is 11.3 Å². The van der Waals surface area contributed by atoms with Crippen molar-refractivity contribution in [3.05, 3.63) is 22.4 Å². The summed E-state index contributed by atoms with van der Waals surface area (Å²) in [6, 6.07) is 3.88. The van der Waals surface area contributed by atoms with Gasteiger partial charge >= 0.3 is 0 Å². The van der Waals surface area contributed by atoms with Crippen LogP contribution in [0.15, 0.2) is 17.5 Å². The molecule has 82 valence electrons. The van der Waals surface area contributed by atoms with Crippen molar-refractivity contribution in [1.29, 1.82) is 0 Å². The van der Waals surface area contributed by atoms with Gasteiger partial charge in [0.05, 0.1) is 11.4 Å². The van der Waals surface area contributed by atoms with E-state index in [9.17, 15) is 4.79 Å². The molecule has 1 aromatic rings. The van der Waals surface area contributed by atoms with Crippen LogP contribution in [0.25, 0.3) is 0 Å². The van der Waals surface area contributed by atoms with Gasteiger partial charge in [-0.2, -0.15) is 0 Å². The summed E-state index contributed by atoms with van der Waals surface area (Å²) in [6.45, 7) is 2.41. The molecule has 1 rings (SSSR count). The quantitative estimate of drug-likeness (QED) is 0.766. The molecule has 0 saturated heterocycles. The third-order valence-electron chi connectivity index (χ3n) is 2.01. The zero-order valence-electron chi connectivity index (χ0n) is 8.53. The normalized spacial score (nSPS) is 12.1. The van der Waals surface area contributed by atoms with Gasteiger partial charge in [-0.1, -0.05) is 25.2 Å². The summed E-state index contributed by atoms with van der Waals surface area (Å²) in [5.74, 6) is 0.0628. The van der Waals surface area contributed by atoms with Gasteiger partial charge in [-0.15, -0.1) is 11.3 Å². The van der Waals surface area contributed by atoms with E-state index in [0.717, 1.165) is 4.88 Å². The van der Waals surface area contributed by atoms with Crippen molar-refractivity contribution in [2.45, 2.75) is 13.3 Å². The minimum absolute atomic E-state index is 0.0144. The maximum Gasteiger partial charge on any atom is 0.225 e. The molecular formula is C10H14N2OS2. The van der Waals surface area contributed by atoms with Crippen molar-refractivity contribution in [3.8, 4) is 0 Å². The molecule has 0 aliphatic carbocycles. The maximum atomic E-state index is 11.4. The summed E-state index contributed by atoms with van der Waals surface area (Å²) in [7, 11) is 0. The summed E-state index contributed by atoms with van der Waals surface area (Å²) in [5, 5.41) is 4.76. The molecule has 3 N–H and O–H groups in total. The Morgan fingerprint density at radius 2 is 2.47 bits per heavy atom. The molecular weight excluding hydrogens is 228 g/mol. The van der Waals surface area contributed by atoms with Crippen molar-refractivity contribution < 1.29 is 4.79 Å². The number of hydrogen-bond acceptors (Lipinski definition) is 3. The number of nitrogens with two attached hydrogens (primary N) is 1. The fourth-order valence-corrected chi connectivity index (χ4v) is 1.79. The van der Waals surface area contributed by atoms with Crippen LogP contribution in [0.5, 0.6) is 0 Å². The first-order valence-electron chi connectivity index (χ1n) is 4.68. The molecule has 0 radical (unpaired) electrons. The highest BCUT2D eigenvalue weighted by Gasteiger charge is 2.08. The highest BCUT2D eigenvalue weighted by atomic mass is 32.1. The van der Waals surface area contributed by atoms with E-state index >= 15 is 0 Å². The number of thiocarbonyl (C=S) groups is 1. The average molecular weight is 242 g/mol. The fourth-order valence-electron chi connectivity index (χ4n) is 1.00. The lowest BCUT2D eigenvalue weighted by molar-refractivity contribution is -0.120. The van der Waals surface area contributed by atoms with Gasteiger partial charge in [-0.05, 0) is 11.4 Å². The molecule has 1 amide bonds. The second kappa shape index (κ2) is 5.82. The van der Waals surface area contributed by atoms with Gasteiger partial charge in [0.25, 0.3) is 0 Å². The van der Waals surface area contributed by atoms with E-state index in [1.807, 2.05) is 24.4 Å². The van der Waals surface area contributed by atoms with Crippen LogP contribution in [-0.2, 0) is 11.2 Å². The van der Waals surface area contributed by atoms with Crippen molar-refractivity contribution in [3.63, 3.8) is 0 Å². The Balaban J connectivity index is 2.28. The lowest BCUT2D eigenvalue weighted by atomic mass is 10.2.